The quantitative estimate of drug-likeness (QED) is 0.618. The van der Waals surface area contributed by atoms with Gasteiger partial charge >= 0.3 is 0 Å². The molecule has 3 amide bonds. The van der Waals surface area contributed by atoms with E-state index in [4.69, 9.17) is 4.42 Å². The third-order valence-electron chi connectivity index (χ3n) is 4.74. The Bertz CT molecular complexity index is 1100. The standard InChI is InChI=1S/C23H21N3O4S/c1-15(27)24-16-8-10-17(11-9-16)25-22(28)14-26-18-5-2-3-7-20(18)31-21(13-23(26)29)19-6-4-12-30-19/h2-12,21H,13-14H2,1H3,(H,24,27)(H,25,28)/t21-/m1/s1. The van der Waals surface area contributed by atoms with Crippen LogP contribution in [-0.4, -0.2) is 24.3 Å². The van der Waals surface area contributed by atoms with Crippen LogP contribution in [0.25, 0.3) is 0 Å². The van der Waals surface area contributed by atoms with Crippen molar-refractivity contribution < 1.29 is 18.8 Å². The highest BCUT2D eigenvalue weighted by atomic mass is 32.2. The largest absolute Gasteiger partial charge is 0.468 e. The second-order valence-electron chi connectivity index (χ2n) is 7.08. The smallest absolute Gasteiger partial charge is 0.244 e. The second-order valence-corrected chi connectivity index (χ2v) is 8.32. The zero-order chi connectivity index (χ0) is 21.8. The molecule has 2 N–H and O–H groups in total. The minimum absolute atomic E-state index is 0.102. The summed E-state index contributed by atoms with van der Waals surface area (Å²) in [4.78, 5) is 39.4. The number of nitrogens with one attached hydrogen (secondary N) is 2. The fourth-order valence-corrected chi connectivity index (χ4v) is 4.61. The molecule has 4 rings (SSSR count). The topological polar surface area (TPSA) is 91.7 Å². The van der Waals surface area contributed by atoms with Gasteiger partial charge in [-0.2, -0.15) is 0 Å². The summed E-state index contributed by atoms with van der Waals surface area (Å²) in [5.41, 5.74) is 1.93. The van der Waals surface area contributed by atoms with Gasteiger partial charge in [0, 0.05) is 29.6 Å². The molecule has 0 unspecified atom stereocenters. The van der Waals surface area contributed by atoms with E-state index >= 15 is 0 Å². The number of carbonyl (C=O) groups is 3. The molecule has 0 saturated carbocycles. The van der Waals surface area contributed by atoms with E-state index in [1.54, 1.807) is 48.4 Å². The van der Waals surface area contributed by atoms with E-state index in [0.29, 0.717) is 17.1 Å². The lowest BCUT2D eigenvalue weighted by Gasteiger charge is -2.22. The van der Waals surface area contributed by atoms with E-state index in [2.05, 4.69) is 10.6 Å². The Hall–Kier alpha value is -3.52. The lowest BCUT2D eigenvalue weighted by atomic mass is 10.2. The third-order valence-corrected chi connectivity index (χ3v) is 6.02. The van der Waals surface area contributed by atoms with Crippen LogP contribution in [0.5, 0.6) is 0 Å². The molecular formula is C23H21N3O4S. The Kier molecular flexibility index (Phi) is 6.08. The highest BCUT2D eigenvalue weighted by Gasteiger charge is 2.31. The maximum atomic E-state index is 13.1. The molecule has 3 aromatic rings. The van der Waals surface area contributed by atoms with Crippen LogP contribution in [0.15, 0.2) is 76.2 Å². The van der Waals surface area contributed by atoms with E-state index < -0.39 is 0 Å². The number of para-hydroxylation sites is 1. The number of nitrogens with zero attached hydrogens (tertiary/aromatic N) is 1. The second kappa shape index (κ2) is 9.09. The van der Waals surface area contributed by atoms with E-state index in [1.807, 2.05) is 30.3 Å². The van der Waals surface area contributed by atoms with Crippen LogP contribution < -0.4 is 15.5 Å². The molecular weight excluding hydrogens is 414 g/mol. The Morgan fingerprint density at radius 1 is 1.03 bits per heavy atom. The minimum Gasteiger partial charge on any atom is -0.468 e. The van der Waals surface area contributed by atoms with Gasteiger partial charge in [-0.25, -0.2) is 0 Å². The molecule has 1 aromatic heterocycles. The Labute approximate surface area is 183 Å². The molecule has 0 spiro atoms. The van der Waals surface area contributed by atoms with Crippen LogP contribution in [0.4, 0.5) is 17.1 Å². The number of benzene rings is 2. The molecule has 7 nitrogen and oxygen atoms in total. The summed E-state index contributed by atoms with van der Waals surface area (Å²) in [5, 5.41) is 5.33. The first-order valence-corrected chi connectivity index (χ1v) is 10.6. The first-order chi connectivity index (χ1) is 15.0. The lowest BCUT2D eigenvalue weighted by Crippen LogP contribution is -2.38. The van der Waals surface area contributed by atoms with Gasteiger partial charge in [-0.1, -0.05) is 12.1 Å². The number of fused-ring (bicyclic) bond motifs is 1. The molecule has 2 heterocycles. The van der Waals surface area contributed by atoms with Gasteiger partial charge in [0.05, 0.1) is 17.2 Å². The maximum Gasteiger partial charge on any atom is 0.244 e. The highest BCUT2D eigenvalue weighted by Crippen LogP contribution is 2.45. The molecule has 1 aliphatic rings. The summed E-state index contributed by atoms with van der Waals surface area (Å²) in [6.45, 7) is 1.33. The molecule has 0 fully saturated rings. The molecule has 158 valence electrons. The molecule has 31 heavy (non-hydrogen) atoms. The first-order valence-electron chi connectivity index (χ1n) is 9.76. The van der Waals surface area contributed by atoms with Crippen LogP contribution in [0, 0.1) is 0 Å². The van der Waals surface area contributed by atoms with Crippen LogP contribution in [0.1, 0.15) is 24.4 Å². The van der Waals surface area contributed by atoms with Crippen LogP contribution in [0.2, 0.25) is 0 Å². The zero-order valence-electron chi connectivity index (χ0n) is 16.8. The molecule has 0 bridgehead atoms. The number of carbonyl (C=O) groups excluding carboxylic acids is 3. The van der Waals surface area contributed by atoms with E-state index in [1.165, 1.54) is 11.8 Å². The molecule has 1 atom stereocenters. The van der Waals surface area contributed by atoms with Crippen molar-refractivity contribution in [2.24, 2.45) is 0 Å². The van der Waals surface area contributed by atoms with Gasteiger partial charge in [-0.3, -0.25) is 14.4 Å². The van der Waals surface area contributed by atoms with Crippen molar-refractivity contribution in [1.82, 2.24) is 0 Å². The minimum atomic E-state index is -0.308. The molecule has 8 heteroatoms. The molecule has 0 saturated heterocycles. The van der Waals surface area contributed by atoms with Crippen molar-refractivity contribution in [3.05, 3.63) is 72.7 Å². The van der Waals surface area contributed by atoms with Gasteiger partial charge in [0.15, 0.2) is 0 Å². The SMILES string of the molecule is CC(=O)Nc1ccc(NC(=O)CN2C(=O)C[C@H](c3ccco3)Sc3ccccc32)cc1. The van der Waals surface area contributed by atoms with Crippen molar-refractivity contribution in [3.8, 4) is 0 Å². The Morgan fingerprint density at radius 3 is 2.42 bits per heavy atom. The maximum absolute atomic E-state index is 13.1. The summed E-state index contributed by atoms with van der Waals surface area (Å²) < 4.78 is 5.52. The molecule has 1 aliphatic heterocycles. The molecule has 2 aromatic carbocycles. The van der Waals surface area contributed by atoms with E-state index in [0.717, 1.165) is 10.7 Å². The summed E-state index contributed by atoms with van der Waals surface area (Å²) >= 11 is 1.56. The van der Waals surface area contributed by atoms with Crippen molar-refractivity contribution in [3.63, 3.8) is 0 Å². The average molecular weight is 436 g/mol. The van der Waals surface area contributed by atoms with Crippen LogP contribution in [0.3, 0.4) is 0 Å². The monoisotopic (exact) mass is 435 g/mol. The summed E-state index contributed by atoms with van der Waals surface area (Å²) in [6, 6.07) is 18.0. The highest BCUT2D eigenvalue weighted by molar-refractivity contribution is 7.99. The number of amides is 3. The summed E-state index contributed by atoms with van der Waals surface area (Å²) in [7, 11) is 0. The summed E-state index contributed by atoms with van der Waals surface area (Å²) in [6.07, 6.45) is 1.82. The number of anilines is 3. The van der Waals surface area contributed by atoms with Crippen LogP contribution >= 0.6 is 11.8 Å². The average Bonchev–Trinajstić information content (AvgIpc) is 3.24. The zero-order valence-corrected chi connectivity index (χ0v) is 17.6. The predicted molar refractivity (Wildman–Crippen MR) is 120 cm³/mol. The number of thioether (sulfide) groups is 1. The molecule has 0 aliphatic carbocycles. The third kappa shape index (κ3) is 4.97. The lowest BCUT2D eigenvalue weighted by molar-refractivity contribution is -0.121. The normalized spacial score (nSPS) is 15.7. The van der Waals surface area contributed by atoms with Crippen molar-refractivity contribution in [1.29, 1.82) is 0 Å². The fraction of sp³-hybridized carbons (Fsp3) is 0.174. The number of rotatable bonds is 5. The van der Waals surface area contributed by atoms with Gasteiger partial charge in [0.2, 0.25) is 17.7 Å². The van der Waals surface area contributed by atoms with Crippen molar-refractivity contribution in [2.45, 2.75) is 23.5 Å². The number of hydrogen-bond donors (Lipinski definition) is 2. The van der Waals surface area contributed by atoms with Gasteiger partial charge in [0.25, 0.3) is 0 Å². The fourth-order valence-electron chi connectivity index (χ4n) is 3.37. The summed E-state index contributed by atoms with van der Waals surface area (Å²) in [5.74, 6) is 0.117. The number of furan rings is 1. The van der Waals surface area contributed by atoms with Gasteiger partial charge < -0.3 is 20.0 Å². The van der Waals surface area contributed by atoms with E-state index in [9.17, 15) is 14.4 Å². The van der Waals surface area contributed by atoms with Gasteiger partial charge in [-0.15, -0.1) is 11.8 Å². The Balaban J connectivity index is 1.50. The van der Waals surface area contributed by atoms with Crippen LogP contribution in [-0.2, 0) is 14.4 Å². The van der Waals surface area contributed by atoms with Crippen molar-refractivity contribution >= 4 is 46.5 Å². The van der Waals surface area contributed by atoms with E-state index in [-0.39, 0.29) is 35.9 Å². The number of hydrogen-bond acceptors (Lipinski definition) is 5. The Morgan fingerprint density at radius 2 is 1.74 bits per heavy atom. The molecule has 0 radical (unpaired) electrons. The first kappa shape index (κ1) is 20.7. The van der Waals surface area contributed by atoms with Gasteiger partial charge in [0.1, 0.15) is 12.3 Å². The van der Waals surface area contributed by atoms with Gasteiger partial charge in [-0.05, 0) is 48.5 Å². The predicted octanol–water partition coefficient (Wildman–Crippen LogP) is 4.45. The van der Waals surface area contributed by atoms with Crippen molar-refractivity contribution in [2.75, 3.05) is 22.1 Å².